The van der Waals surface area contributed by atoms with Crippen LogP contribution in [0.3, 0.4) is 0 Å². The van der Waals surface area contributed by atoms with Crippen LogP contribution in [0.25, 0.3) is 21.3 Å². The molecular formula is C22H18N4O3S. The summed E-state index contributed by atoms with van der Waals surface area (Å²) in [4.78, 5) is 31.4. The summed E-state index contributed by atoms with van der Waals surface area (Å²) in [6, 6.07) is 16.3. The first-order chi connectivity index (χ1) is 14.5. The lowest BCUT2D eigenvalue weighted by molar-refractivity contribution is -0.121. The molecule has 4 aromatic rings. The minimum absolute atomic E-state index is 0.0580. The fourth-order valence-corrected chi connectivity index (χ4v) is 4.17. The number of thiophene rings is 1. The lowest BCUT2D eigenvalue weighted by Gasteiger charge is -2.06. The van der Waals surface area contributed by atoms with E-state index < -0.39 is 5.91 Å². The zero-order chi connectivity index (χ0) is 21.1. The Morgan fingerprint density at radius 1 is 1.20 bits per heavy atom. The van der Waals surface area contributed by atoms with Gasteiger partial charge in [-0.1, -0.05) is 42.5 Å². The number of phenols is 1. The zero-order valence-corrected chi connectivity index (χ0v) is 16.9. The number of rotatable bonds is 5. The minimum Gasteiger partial charge on any atom is -0.507 e. The van der Waals surface area contributed by atoms with Gasteiger partial charge in [0.15, 0.2) is 0 Å². The maximum absolute atomic E-state index is 13.1. The maximum Gasteiger partial charge on any atom is 0.263 e. The van der Waals surface area contributed by atoms with Gasteiger partial charge >= 0.3 is 0 Å². The van der Waals surface area contributed by atoms with Crippen LogP contribution >= 0.6 is 11.3 Å². The molecule has 0 aliphatic heterocycles. The van der Waals surface area contributed by atoms with Gasteiger partial charge < -0.3 is 5.11 Å². The molecule has 0 aliphatic carbocycles. The summed E-state index contributed by atoms with van der Waals surface area (Å²) >= 11 is 1.46. The molecule has 2 heterocycles. The summed E-state index contributed by atoms with van der Waals surface area (Å²) in [5.74, 6) is -0.416. The second kappa shape index (κ2) is 8.30. The van der Waals surface area contributed by atoms with Gasteiger partial charge in [0.05, 0.1) is 17.9 Å². The summed E-state index contributed by atoms with van der Waals surface area (Å²) in [5, 5.41) is 14.1. The summed E-state index contributed by atoms with van der Waals surface area (Å²) in [6.45, 7) is 1.74. The molecule has 0 fully saturated rings. The molecule has 0 bridgehead atoms. The van der Waals surface area contributed by atoms with Gasteiger partial charge in [-0.3, -0.25) is 14.2 Å². The van der Waals surface area contributed by atoms with Crippen molar-refractivity contribution in [3.63, 3.8) is 0 Å². The third-order valence-electron chi connectivity index (χ3n) is 4.56. The van der Waals surface area contributed by atoms with Crippen molar-refractivity contribution < 1.29 is 9.90 Å². The van der Waals surface area contributed by atoms with E-state index in [4.69, 9.17) is 0 Å². The van der Waals surface area contributed by atoms with Crippen LogP contribution in [0.2, 0.25) is 0 Å². The third kappa shape index (κ3) is 3.85. The van der Waals surface area contributed by atoms with Gasteiger partial charge in [0, 0.05) is 16.0 Å². The Balaban J connectivity index is 1.59. The molecule has 4 rings (SSSR count). The number of nitrogens with one attached hydrogen (secondary N) is 1. The van der Waals surface area contributed by atoms with Crippen LogP contribution in [0, 0.1) is 6.92 Å². The molecule has 1 amide bonds. The molecule has 2 N–H and O–H groups in total. The van der Waals surface area contributed by atoms with Crippen molar-refractivity contribution in [3.05, 3.63) is 81.7 Å². The Morgan fingerprint density at radius 2 is 1.93 bits per heavy atom. The number of carbonyl (C=O) groups is 1. The Hall–Kier alpha value is -3.78. The smallest absolute Gasteiger partial charge is 0.263 e. The van der Waals surface area contributed by atoms with Crippen molar-refractivity contribution in [1.82, 2.24) is 15.0 Å². The highest BCUT2D eigenvalue weighted by Gasteiger charge is 2.17. The molecule has 0 spiro atoms. The number of phenolic OH excluding ortho intramolecular Hbond substituents is 1. The molecule has 0 radical (unpaired) electrons. The first-order valence-electron chi connectivity index (χ1n) is 9.18. The number of aromatic nitrogens is 2. The average Bonchev–Trinajstić information content (AvgIpc) is 3.09. The van der Waals surface area contributed by atoms with Crippen molar-refractivity contribution in [3.8, 4) is 16.9 Å². The molecular weight excluding hydrogens is 400 g/mol. The first kappa shape index (κ1) is 19.5. The van der Waals surface area contributed by atoms with Crippen molar-refractivity contribution in [2.75, 3.05) is 0 Å². The second-order valence-corrected chi connectivity index (χ2v) is 7.81. The predicted molar refractivity (Wildman–Crippen MR) is 118 cm³/mol. The topological polar surface area (TPSA) is 96.6 Å². The zero-order valence-electron chi connectivity index (χ0n) is 16.1. The number of hydrogen-bond acceptors (Lipinski definition) is 6. The lowest BCUT2D eigenvalue weighted by Crippen LogP contribution is -2.30. The van der Waals surface area contributed by atoms with Crippen molar-refractivity contribution >= 4 is 33.7 Å². The number of benzene rings is 2. The van der Waals surface area contributed by atoms with Crippen LogP contribution in [0.4, 0.5) is 0 Å². The molecule has 2 aromatic carbocycles. The highest BCUT2D eigenvalue weighted by atomic mass is 32.1. The van der Waals surface area contributed by atoms with Crippen LogP contribution in [0.5, 0.6) is 5.75 Å². The molecule has 30 heavy (non-hydrogen) atoms. The fourth-order valence-electron chi connectivity index (χ4n) is 3.16. The van der Waals surface area contributed by atoms with E-state index in [0.717, 1.165) is 16.0 Å². The van der Waals surface area contributed by atoms with Crippen molar-refractivity contribution in [2.45, 2.75) is 13.5 Å². The van der Waals surface area contributed by atoms with Crippen LogP contribution in [0.1, 0.15) is 10.4 Å². The monoisotopic (exact) mass is 418 g/mol. The summed E-state index contributed by atoms with van der Waals surface area (Å²) in [7, 11) is 0. The van der Waals surface area contributed by atoms with E-state index in [1.165, 1.54) is 34.5 Å². The van der Waals surface area contributed by atoms with Gasteiger partial charge in [-0.15, -0.1) is 11.3 Å². The van der Waals surface area contributed by atoms with Crippen LogP contribution in [0.15, 0.2) is 70.8 Å². The van der Waals surface area contributed by atoms with E-state index in [9.17, 15) is 14.7 Å². The van der Waals surface area contributed by atoms with Crippen molar-refractivity contribution in [1.29, 1.82) is 0 Å². The Morgan fingerprint density at radius 3 is 2.70 bits per heavy atom. The van der Waals surface area contributed by atoms with Crippen LogP contribution in [-0.2, 0) is 11.3 Å². The third-order valence-corrected chi connectivity index (χ3v) is 5.57. The highest BCUT2D eigenvalue weighted by Crippen LogP contribution is 2.35. The Labute approximate surface area is 176 Å². The number of aryl methyl sites for hydroxylation is 1. The number of amides is 1. The number of para-hydroxylation sites is 1. The number of aromatic hydroxyl groups is 1. The number of fused-ring (bicyclic) bond motifs is 1. The molecule has 8 heteroatoms. The standard InChI is InChI=1S/C22H18N4O3S/c1-14-19(15-7-3-2-4-8-15)20-21(30-14)23-13-26(22(20)29)12-18(28)25-24-11-16-9-5-6-10-17(16)27/h2-11,13,27H,12H2,1H3,(H,25,28). The number of nitrogens with zero attached hydrogens (tertiary/aromatic N) is 3. The van der Waals surface area contributed by atoms with Crippen LogP contribution in [-0.4, -0.2) is 26.8 Å². The Bertz CT molecular complexity index is 1310. The molecule has 2 aromatic heterocycles. The van der Waals surface area contributed by atoms with Gasteiger partial charge in [-0.2, -0.15) is 5.10 Å². The minimum atomic E-state index is -0.474. The summed E-state index contributed by atoms with van der Waals surface area (Å²) in [5.41, 5.74) is 4.35. The summed E-state index contributed by atoms with van der Waals surface area (Å²) < 4.78 is 1.27. The highest BCUT2D eigenvalue weighted by molar-refractivity contribution is 7.19. The largest absolute Gasteiger partial charge is 0.507 e. The van der Waals surface area contributed by atoms with E-state index in [1.54, 1.807) is 18.2 Å². The number of carbonyl (C=O) groups excluding carboxylic acids is 1. The van der Waals surface area contributed by atoms with Gasteiger partial charge in [0.2, 0.25) is 0 Å². The first-order valence-corrected chi connectivity index (χ1v) is 10.00. The van der Waals surface area contributed by atoms with Gasteiger partial charge in [0.1, 0.15) is 17.1 Å². The summed E-state index contributed by atoms with van der Waals surface area (Å²) in [6.07, 6.45) is 2.72. The van der Waals surface area contributed by atoms with Crippen molar-refractivity contribution in [2.24, 2.45) is 5.10 Å². The fraction of sp³-hybridized carbons (Fsp3) is 0.0909. The molecule has 0 saturated heterocycles. The predicted octanol–water partition coefficient (Wildman–Crippen LogP) is 3.29. The molecule has 0 aliphatic rings. The van der Waals surface area contributed by atoms with Crippen LogP contribution < -0.4 is 11.0 Å². The van der Waals surface area contributed by atoms with E-state index in [1.807, 2.05) is 37.3 Å². The second-order valence-electron chi connectivity index (χ2n) is 6.61. The normalized spacial score (nSPS) is 11.2. The van der Waals surface area contributed by atoms with Gasteiger partial charge in [-0.05, 0) is 24.6 Å². The number of hydrazone groups is 1. The van der Waals surface area contributed by atoms with Gasteiger partial charge in [0.25, 0.3) is 11.5 Å². The molecule has 0 unspecified atom stereocenters. The van der Waals surface area contributed by atoms with Gasteiger partial charge in [-0.25, -0.2) is 10.4 Å². The number of hydrogen-bond donors (Lipinski definition) is 2. The van der Waals surface area contributed by atoms with E-state index in [-0.39, 0.29) is 17.9 Å². The molecule has 7 nitrogen and oxygen atoms in total. The molecule has 0 atom stereocenters. The SMILES string of the molecule is Cc1sc2ncn(CC(=O)NN=Cc3ccccc3O)c(=O)c2c1-c1ccccc1. The van der Waals surface area contributed by atoms with E-state index >= 15 is 0 Å². The average molecular weight is 418 g/mol. The maximum atomic E-state index is 13.1. The lowest BCUT2D eigenvalue weighted by atomic mass is 10.0. The van der Waals surface area contributed by atoms with E-state index in [2.05, 4.69) is 15.5 Å². The quantitative estimate of drug-likeness (QED) is 0.384. The van der Waals surface area contributed by atoms with E-state index in [0.29, 0.717) is 15.8 Å². The molecule has 150 valence electrons. The Kier molecular flexibility index (Phi) is 5.40. The molecule has 0 saturated carbocycles.